The summed E-state index contributed by atoms with van der Waals surface area (Å²) in [5, 5.41) is 0. The average Bonchev–Trinajstić information content (AvgIpc) is 2.45. The molecule has 1 amide bonds. The van der Waals surface area contributed by atoms with E-state index in [4.69, 9.17) is 15.2 Å². The van der Waals surface area contributed by atoms with E-state index in [1.54, 1.807) is 30.1 Å². The van der Waals surface area contributed by atoms with Gasteiger partial charge in [0.1, 0.15) is 13.2 Å². The van der Waals surface area contributed by atoms with Gasteiger partial charge in [0.15, 0.2) is 11.5 Å². The molecule has 0 unspecified atom stereocenters. The van der Waals surface area contributed by atoms with Crippen LogP contribution in [-0.4, -0.2) is 43.2 Å². The number of amides is 1. The van der Waals surface area contributed by atoms with Crippen LogP contribution in [0.3, 0.4) is 0 Å². The zero-order chi connectivity index (χ0) is 14.0. The minimum Gasteiger partial charge on any atom is -0.486 e. The molecular formula is C14H20N2O3. The average molecular weight is 264 g/mol. The lowest BCUT2D eigenvalue weighted by atomic mass is 10.0. The Bertz CT molecular complexity index is 486. The predicted molar refractivity (Wildman–Crippen MR) is 72.7 cm³/mol. The Balaban J connectivity index is 2.34. The molecule has 1 aromatic carbocycles. The fourth-order valence-corrected chi connectivity index (χ4v) is 1.83. The minimum absolute atomic E-state index is 0.113. The van der Waals surface area contributed by atoms with E-state index >= 15 is 0 Å². The number of carbonyl (C=O) groups is 1. The van der Waals surface area contributed by atoms with E-state index in [1.807, 2.05) is 13.8 Å². The maximum Gasteiger partial charge on any atom is 0.257 e. The van der Waals surface area contributed by atoms with Gasteiger partial charge in [-0.3, -0.25) is 4.79 Å². The Kier molecular flexibility index (Phi) is 3.66. The maximum atomic E-state index is 12.6. The molecule has 0 spiro atoms. The van der Waals surface area contributed by atoms with E-state index < -0.39 is 5.54 Å². The molecular weight excluding hydrogens is 244 g/mol. The number of fused-ring (bicyclic) bond motifs is 1. The van der Waals surface area contributed by atoms with Gasteiger partial charge in [-0.1, -0.05) is 6.07 Å². The van der Waals surface area contributed by atoms with Crippen molar-refractivity contribution in [3.8, 4) is 11.5 Å². The number of benzene rings is 1. The number of hydrogen-bond donors (Lipinski definition) is 1. The fraction of sp³-hybridized carbons (Fsp3) is 0.500. The van der Waals surface area contributed by atoms with Gasteiger partial charge in [-0.05, 0) is 26.0 Å². The first-order chi connectivity index (χ1) is 8.97. The molecule has 0 bridgehead atoms. The molecule has 19 heavy (non-hydrogen) atoms. The monoisotopic (exact) mass is 264 g/mol. The Morgan fingerprint density at radius 1 is 1.37 bits per heavy atom. The van der Waals surface area contributed by atoms with Gasteiger partial charge in [0.05, 0.1) is 5.56 Å². The topological polar surface area (TPSA) is 64.8 Å². The van der Waals surface area contributed by atoms with Crippen LogP contribution in [-0.2, 0) is 0 Å². The first kappa shape index (κ1) is 13.7. The molecule has 5 heteroatoms. The summed E-state index contributed by atoms with van der Waals surface area (Å²) >= 11 is 0. The molecule has 0 saturated heterocycles. The van der Waals surface area contributed by atoms with Gasteiger partial charge in [0.2, 0.25) is 0 Å². The van der Waals surface area contributed by atoms with Crippen molar-refractivity contribution in [2.24, 2.45) is 5.73 Å². The molecule has 1 heterocycles. The van der Waals surface area contributed by atoms with Crippen LogP contribution in [0.4, 0.5) is 0 Å². The van der Waals surface area contributed by atoms with Crippen molar-refractivity contribution in [2.75, 3.05) is 26.8 Å². The second-order valence-electron chi connectivity index (χ2n) is 5.21. The number of nitrogens with two attached hydrogens (primary N) is 1. The van der Waals surface area contributed by atoms with Crippen LogP contribution in [0.1, 0.15) is 24.2 Å². The number of nitrogens with zero attached hydrogens (tertiary/aromatic N) is 1. The Morgan fingerprint density at radius 3 is 2.74 bits per heavy atom. The zero-order valence-electron chi connectivity index (χ0n) is 11.6. The molecule has 0 aromatic heterocycles. The van der Waals surface area contributed by atoms with Crippen LogP contribution in [0, 0.1) is 0 Å². The maximum absolute atomic E-state index is 12.6. The highest BCUT2D eigenvalue weighted by Gasteiger charge is 2.30. The fourth-order valence-electron chi connectivity index (χ4n) is 1.83. The standard InChI is InChI=1S/C14H20N2O3/c1-14(2,9-15)16(3)13(17)10-5-4-6-11-12(10)19-8-7-18-11/h4-6H,7-9,15H2,1-3H3. The number of ether oxygens (including phenoxy) is 2. The van der Waals surface area contributed by atoms with E-state index in [1.165, 1.54) is 0 Å². The van der Waals surface area contributed by atoms with Gasteiger partial charge in [-0.2, -0.15) is 0 Å². The van der Waals surface area contributed by atoms with Crippen LogP contribution in [0.2, 0.25) is 0 Å². The van der Waals surface area contributed by atoms with Crippen molar-refractivity contribution in [1.82, 2.24) is 4.90 Å². The zero-order valence-corrected chi connectivity index (χ0v) is 11.6. The van der Waals surface area contributed by atoms with Crippen LogP contribution >= 0.6 is 0 Å². The first-order valence-electron chi connectivity index (χ1n) is 6.34. The summed E-state index contributed by atoms with van der Waals surface area (Å²) in [4.78, 5) is 14.2. The quantitative estimate of drug-likeness (QED) is 0.893. The summed E-state index contributed by atoms with van der Waals surface area (Å²) in [7, 11) is 1.75. The summed E-state index contributed by atoms with van der Waals surface area (Å²) in [5.41, 5.74) is 5.82. The molecule has 1 aliphatic heterocycles. The highest BCUT2D eigenvalue weighted by Crippen LogP contribution is 2.34. The van der Waals surface area contributed by atoms with E-state index in [9.17, 15) is 4.79 Å². The van der Waals surface area contributed by atoms with E-state index in [-0.39, 0.29) is 5.91 Å². The highest BCUT2D eigenvalue weighted by atomic mass is 16.6. The van der Waals surface area contributed by atoms with Crippen LogP contribution in [0.5, 0.6) is 11.5 Å². The smallest absolute Gasteiger partial charge is 0.257 e. The van der Waals surface area contributed by atoms with Crippen LogP contribution in [0.25, 0.3) is 0 Å². The number of carbonyl (C=O) groups excluding carboxylic acids is 1. The second kappa shape index (κ2) is 5.09. The summed E-state index contributed by atoms with van der Waals surface area (Å²) in [6.45, 7) is 5.22. The predicted octanol–water partition coefficient (Wildman–Crippen LogP) is 1.27. The second-order valence-corrected chi connectivity index (χ2v) is 5.21. The molecule has 0 radical (unpaired) electrons. The third-order valence-electron chi connectivity index (χ3n) is 3.51. The van der Waals surface area contributed by atoms with Gasteiger partial charge in [-0.25, -0.2) is 0 Å². The summed E-state index contributed by atoms with van der Waals surface area (Å²) in [6, 6.07) is 5.35. The molecule has 104 valence electrons. The summed E-state index contributed by atoms with van der Waals surface area (Å²) in [6.07, 6.45) is 0. The lowest BCUT2D eigenvalue weighted by molar-refractivity contribution is 0.0630. The van der Waals surface area contributed by atoms with Crippen molar-refractivity contribution >= 4 is 5.91 Å². The van der Waals surface area contributed by atoms with Crippen LogP contribution < -0.4 is 15.2 Å². The molecule has 0 atom stereocenters. The SMILES string of the molecule is CN(C(=O)c1cccc2c1OCCO2)C(C)(C)CN. The van der Waals surface area contributed by atoms with Crippen LogP contribution in [0.15, 0.2) is 18.2 Å². The number of likely N-dealkylation sites (N-methyl/N-ethyl adjacent to an activating group) is 1. The minimum atomic E-state index is -0.407. The van der Waals surface area contributed by atoms with E-state index in [0.717, 1.165) is 0 Å². The number of rotatable bonds is 3. The van der Waals surface area contributed by atoms with E-state index in [0.29, 0.717) is 36.8 Å². The van der Waals surface area contributed by atoms with Gasteiger partial charge in [0.25, 0.3) is 5.91 Å². The third-order valence-corrected chi connectivity index (χ3v) is 3.51. The van der Waals surface area contributed by atoms with Crippen molar-refractivity contribution in [3.63, 3.8) is 0 Å². The number of para-hydroxylation sites is 1. The summed E-state index contributed by atoms with van der Waals surface area (Å²) < 4.78 is 11.1. The Morgan fingerprint density at radius 2 is 2.05 bits per heavy atom. The molecule has 1 aliphatic rings. The largest absolute Gasteiger partial charge is 0.486 e. The van der Waals surface area contributed by atoms with Gasteiger partial charge in [-0.15, -0.1) is 0 Å². The van der Waals surface area contributed by atoms with Crippen molar-refractivity contribution in [2.45, 2.75) is 19.4 Å². The van der Waals surface area contributed by atoms with Crippen molar-refractivity contribution in [1.29, 1.82) is 0 Å². The molecule has 0 saturated carbocycles. The van der Waals surface area contributed by atoms with Crippen molar-refractivity contribution < 1.29 is 14.3 Å². The van der Waals surface area contributed by atoms with Crippen molar-refractivity contribution in [3.05, 3.63) is 23.8 Å². The lowest BCUT2D eigenvalue weighted by Gasteiger charge is -2.35. The molecule has 1 aromatic rings. The van der Waals surface area contributed by atoms with Gasteiger partial charge < -0.3 is 20.1 Å². The molecule has 2 N–H and O–H groups in total. The Labute approximate surface area is 113 Å². The molecule has 5 nitrogen and oxygen atoms in total. The third kappa shape index (κ3) is 2.51. The first-order valence-corrected chi connectivity index (χ1v) is 6.34. The Hall–Kier alpha value is -1.75. The lowest BCUT2D eigenvalue weighted by Crippen LogP contribution is -2.50. The molecule has 0 aliphatic carbocycles. The van der Waals surface area contributed by atoms with E-state index in [2.05, 4.69) is 0 Å². The number of hydrogen-bond acceptors (Lipinski definition) is 4. The molecule has 2 rings (SSSR count). The van der Waals surface area contributed by atoms with Gasteiger partial charge in [0, 0.05) is 19.1 Å². The normalized spacial score (nSPS) is 14.1. The highest BCUT2D eigenvalue weighted by molar-refractivity contribution is 5.98. The summed E-state index contributed by atoms with van der Waals surface area (Å²) in [5.74, 6) is 1.03. The molecule has 0 fully saturated rings. The van der Waals surface area contributed by atoms with Gasteiger partial charge >= 0.3 is 0 Å².